The highest BCUT2D eigenvalue weighted by molar-refractivity contribution is 9.10. The molecule has 0 saturated carbocycles. The Hall–Kier alpha value is -0.680. The van der Waals surface area contributed by atoms with Gasteiger partial charge < -0.3 is 0 Å². The van der Waals surface area contributed by atoms with Gasteiger partial charge in [-0.3, -0.25) is 4.68 Å². The Morgan fingerprint density at radius 1 is 1.21 bits per heavy atom. The molecule has 19 heavy (non-hydrogen) atoms. The summed E-state index contributed by atoms with van der Waals surface area (Å²) in [5.41, 5.74) is 1.36. The van der Waals surface area contributed by atoms with Crippen LogP contribution in [0.4, 0.5) is 0 Å². The van der Waals surface area contributed by atoms with Crippen LogP contribution >= 0.6 is 31.9 Å². The molecule has 2 aromatic rings. The van der Waals surface area contributed by atoms with E-state index in [4.69, 9.17) is 0 Å². The molecular formula is C14H17Br2N3. The Labute approximate surface area is 130 Å². The van der Waals surface area contributed by atoms with E-state index in [1.807, 2.05) is 4.68 Å². The number of aryl methyl sites for hydroxylation is 1. The number of halogens is 2. The van der Waals surface area contributed by atoms with Crippen LogP contribution < -0.4 is 0 Å². The second kappa shape index (κ2) is 7.20. The highest BCUT2D eigenvalue weighted by Gasteiger charge is 2.13. The van der Waals surface area contributed by atoms with E-state index < -0.39 is 0 Å². The SMILES string of the molecule is CCn1ncnc1CC(CBr)Cc1ccc(Br)cc1. The molecule has 3 nitrogen and oxygen atoms in total. The summed E-state index contributed by atoms with van der Waals surface area (Å²) in [5, 5.41) is 5.20. The lowest BCUT2D eigenvalue weighted by molar-refractivity contribution is 0.528. The van der Waals surface area contributed by atoms with Crippen molar-refractivity contribution >= 4 is 31.9 Å². The summed E-state index contributed by atoms with van der Waals surface area (Å²) in [6.45, 7) is 2.97. The van der Waals surface area contributed by atoms with Gasteiger partial charge in [0.2, 0.25) is 0 Å². The maximum atomic E-state index is 4.35. The molecule has 0 fully saturated rings. The Bertz CT molecular complexity index is 508. The molecule has 102 valence electrons. The maximum Gasteiger partial charge on any atom is 0.138 e. The predicted molar refractivity (Wildman–Crippen MR) is 84.5 cm³/mol. The number of alkyl halides is 1. The molecule has 0 radical (unpaired) electrons. The summed E-state index contributed by atoms with van der Waals surface area (Å²) in [6.07, 6.45) is 3.65. The Balaban J connectivity index is 2.02. The number of hydrogen-bond acceptors (Lipinski definition) is 2. The maximum absolute atomic E-state index is 4.35. The third-order valence-electron chi connectivity index (χ3n) is 3.12. The summed E-state index contributed by atoms with van der Waals surface area (Å²) in [5.74, 6) is 1.61. The molecule has 0 saturated heterocycles. The van der Waals surface area contributed by atoms with Crippen LogP contribution in [0.1, 0.15) is 18.3 Å². The van der Waals surface area contributed by atoms with Gasteiger partial charge in [0.05, 0.1) is 0 Å². The fourth-order valence-electron chi connectivity index (χ4n) is 2.10. The zero-order valence-electron chi connectivity index (χ0n) is 10.9. The van der Waals surface area contributed by atoms with Crippen molar-refractivity contribution in [3.63, 3.8) is 0 Å². The highest BCUT2D eigenvalue weighted by atomic mass is 79.9. The topological polar surface area (TPSA) is 30.7 Å². The summed E-state index contributed by atoms with van der Waals surface area (Å²) < 4.78 is 3.09. The highest BCUT2D eigenvalue weighted by Crippen LogP contribution is 2.18. The molecule has 5 heteroatoms. The molecule has 1 aromatic heterocycles. The van der Waals surface area contributed by atoms with Crippen molar-refractivity contribution in [3.05, 3.63) is 46.5 Å². The van der Waals surface area contributed by atoms with Crippen molar-refractivity contribution in [2.24, 2.45) is 5.92 Å². The van der Waals surface area contributed by atoms with E-state index >= 15 is 0 Å². The smallest absolute Gasteiger partial charge is 0.138 e. The Kier molecular flexibility index (Phi) is 5.58. The zero-order valence-corrected chi connectivity index (χ0v) is 14.1. The second-order valence-electron chi connectivity index (χ2n) is 4.55. The van der Waals surface area contributed by atoms with Crippen LogP contribution in [0.15, 0.2) is 35.1 Å². The van der Waals surface area contributed by atoms with E-state index in [1.165, 1.54) is 5.56 Å². The van der Waals surface area contributed by atoms with E-state index in [1.54, 1.807) is 6.33 Å². The Morgan fingerprint density at radius 3 is 2.58 bits per heavy atom. The summed E-state index contributed by atoms with van der Waals surface area (Å²) in [4.78, 5) is 4.35. The van der Waals surface area contributed by atoms with Crippen LogP contribution in [-0.4, -0.2) is 20.1 Å². The normalized spacial score (nSPS) is 12.6. The number of benzene rings is 1. The van der Waals surface area contributed by atoms with Gasteiger partial charge in [0, 0.05) is 22.8 Å². The minimum absolute atomic E-state index is 0.538. The molecule has 0 aliphatic rings. The first-order valence-electron chi connectivity index (χ1n) is 6.40. The molecule has 0 aliphatic carbocycles. The van der Waals surface area contributed by atoms with Crippen LogP contribution in [0.3, 0.4) is 0 Å². The molecule has 1 unspecified atom stereocenters. The molecule has 1 heterocycles. The van der Waals surface area contributed by atoms with Gasteiger partial charge in [0.1, 0.15) is 12.2 Å². The molecule has 0 amide bonds. The van der Waals surface area contributed by atoms with E-state index in [-0.39, 0.29) is 0 Å². The van der Waals surface area contributed by atoms with Crippen molar-refractivity contribution in [2.45, 2.75) is 26.3 Å². The van der Waals surface area contributed by atoms with E-state index in [0.29, 0.717) is 5.92 Å². The van der Waals surface area contributed by atoms with Crippen LogP contribution in [-0.2, 0) is 19.4 Å². The first-order valence-corrected chi connectivity index (χ1v) is 8.31. The van der Waals surface area contributed by atoms with Gasteiger partial charge in [-0.05, 0) is 37.0 Å². The van der Waals surface area contributed by atoms with Crippen molar-refractivity contribution in [3.8, 4) is 0 Å². The number of rotatable bonds is 6. The molecular weight excluding hydrogens is 370 g/mol. The molecule has 1 atom stereocenters. The van der Waals surface area contributed by atoms with Crippen molar-refractivity contribution in [2.75, 3.05) is 5.33 Å². The first kappa shape index (κ1) is 14.7. The van der Waals surface area contributed by atoms with Crippen LogP contribution in [0.25, 0.3) is 0 Å². The fraction of sp³-hybridized carbons (Fsp3) is 0.429. The summed E-state index contributed by atoms with van der Waals surface area (Å²) in [6, 6.07) is 8.53. The quantitative estimate of drug-likeness (QED) is 0.705. The first-order chi connectivity index (χ1) is 9.22. The fourth-order valence-corrected chi connectivity index (χ4v) is 2.83. The van der Waals surface area contributed by atoms with Crippen LogP contribution in [0.2, 0.25) is 0 Å². The zero-order chi connectivity index (χ0) is 13.7. The average molecular weight is 387 g/mol. The van der Waals surface area contributed by atoms with Crippen molar-refractivity contribution < 1.29 is 0 Å². The monoisotopic (exact) mass is 385 g/mol. The van der Waals surface area contributed by atoms with Gasteiger partial charge in [-0.15, -0.1) is 0 Å². The lowest BCUT2D eigenvalue weighted by atomic mass is 9.98. The van der Waals surface area contributed by atoms with E-state index in [9.17, 15) is 0 Å². The molecule has 0 spiro atoms. The molecule has 1 aromatic carbocycles. The largest absolute Gasteiger partial charge is 0.250 e. The minimum atomic E-state index is 0.538. The molecule has 0 bridgehead atoms. The van der Waals surface area contributed by atoms with Crippen molar-refractivity contribution in [1.82, 2.24) is 14.8 Å². The van der Waals surface area contributed by atoms with Crippen LogP contribution in [0.5, 0.6) is 0 Å². The standard InChI is InChI=1S/C14H17Br2N3/c1-2-19-14(17-10-18-19)8-12(9-15)7-11-3-5-13(16)6-4-11/h3-6,10,12H,2,7-9H2,1H3. The molecule has 0 aliphatic heterocycles. The van der Waals surface area contributed by atoms with E-state index in [0.717, 1.165) is 35.0 Å². The van der Waals surface area contributed by atoms with Crippen LogP contribution in [0, 0.1) is 5.92 Å². The average Bonchev–Trinajstić information content (AvgIpc) is 2.87. The lowest BCUT2D eigenvalue weighted by Crippen LogP contribution is -2.14. The van der Waals surface area contributed by atoms with Gasteiger partial charge >= 0.3 is 0 Å². The third kappa shape index (κ3) is 4.14. The summed E-state index contributed by atoms with van der Waals surface area (Å²) >= 11 is 7.08. The molecule has 2 rings (SSSR count). The van der Waals surface area contributed by atoms with Gasteiger partial charge in [0.25, 0.3) is 0 Å². The Morgan fingerprint density at radius 2 is 1.95 bits per heavy atom. The minimum Gasteiger partial charge on any atom is -0.250 e. The second-order valence-corrected chi connectivity index (χ2v) is 6.11. The number of aromatic nitrogens is 3. The third-order valence-corrected chi connectivity index (χ3v) is 4.57. The van der Waals surface area contributed by atoms with Crippen molar-refractivity contribution in [1.29, 1.82) is 0 Å². The lowest BCUT2D eigenvalue weighted by Gasteiger charge is -2.14. The number of nitrogens with zero attached hydrogens (tertiary/aromatic N) is 3. The van der Waals surface area contributed by atoms with Gasteiger partial charge in [-0.1, -0.05) is 44.0 Å². The number of hydrogen-bond donors (Lipinski definition) is 0. The molecule has 0 N–H and O–H groups in total. The van der Waals surface area contributed by atoms with E-state index in [2.05, 4.69) is 73.1 Å². The van der Waals surface area contributed by atoms with Gasteiger partial charge in [-0.2, -0.15) is 5.10 Å². The summed E-state index contributed by atoms with van der Waals surface area (Å²) in [7, 11) is 0. The van der Waals surface area contributed by atoms with Gasteiger partial charge in [-0.25, -0.2) is 4.98 Å². The van der Waals surface area contributed by atoms with Gasteiger partial charge in [0.15, 0.2) is 0 Å². The predicted octanol–water partition coefficient (Wildman–Crippen LogP) is 3.86.